The molecule has 2 heterocycles. The zero-order valence-corrected chi connectivity index (χ0v) is 14.0. The molecule has 0 bridgehead atoms. The number of nitrogens with zero attached hydrogens (tertiary/aromatic N) is 2. The molecule has 4 rings (SSSR count). The third-order valence-corrected chi connectivity index (χ3v) is 5.24. The summed E-state index contributed by atoms with van der Waals surface area (Å²) < 4.78 is 6.46. The number of hydrogen-bond acceptors (Lipinski definition) is 5. The van der Waals surface area contributed by atoms with Crippen molar-refractivity contribution in [1.29, 1.82) is 0 Å². The van der Waals surface area contributed by atoms with E-state index in [1.54, 1.807) is 18.4 Å². The summed E-state index contributed by atoms with van der Waals surface area (Å²) in [6, 6.07) is 15.5. The molecule has 0 saturated carbocycles. The molecular formula is C18H17N3O2S. The first-order chi connectivity index (χ1) is 11.7. The molecule has 1 N–H and O–H groups in total. The Bertz CT molecular complexity index is 872. The second-order valence-electron chi connectivity index (χ2n) is 5.76. The number of hydrogen-bond donors (Lipinski definition) is 1. The fourth-order valence-electron chi connectivity index (χ4n) is 2.78. The van der Waals surface area contributed by atoms with E-state index in [1.807, 2.05) is 48.5 Å². The summed E-state index contributed by atoms with van der Waals surface area (Å²) in [5, 5.41) is 3.90. The zero-order chi connectivity index (χ0) is 16.5. The van der Waals surface area contributed by atoms with Gasteiger partial charge in [-0.2, -0.15) is 0 Å². The van der Waals surface area contributed by atoms with Crippen LogP contribution < -0.4 is 15.0 Å². The van der Waals surface area contributed by atoms with E-state index in [-0.39, 0.29) is 11.8 Å². The Balaban J connectivity index is 1.43. The fraction of sp³-hybridized carbons (Fsp3) is 0.222. The van der Waals surface area contributed by atoms with Gasteiger partial charge in [0.25, 0.3) is 0 Å². The highest BCUT2D eigenvalue weighted by Crippen LogP contribution is 2.36. The molecular weight excluding hydrogens is 322 g/mol. The third-order valence-electron chi connectivity index (χ3n) is 4.15. The third kappa shape index (κ3) is 2.69. The van der Waals surface area contributed by atoms with Crippen molar-refractivity contribution < 1.29 is 9.53 Å². The molecule has 5 nitrogen and oxygen atoms in total. The van der Waals surface area contributed by atoms with Crippen molar-refractivity contribution in [1.82, 2.24) is 4.98 Å². The average Bonchev–Trinajstić information content (AvgIpc) is 2.97. The molecule has 0 spiro atoms. The van der Waals surface area contributed by atoms with Gasteiger partial charge in [-0.05, 0) is 24.3 Å². The van der Waals surface area contributed by atoms with Crippen LogP contribution >= 0.6 is 11.3 Å². The molecule has 6 heteroatoms. The number of aromatic nitrogens is 1. The molecule has 0 atom stereocenters. The first-order valence-corrected chi connectivity index (χ1v) is 8.60. The largest absolute Gasteiger partial charge is 0.494 e. The quantitative estimate of drug-likeness (QED) is 0.792. The van der Waals surface area contributed by atoms with Crippen molar-refractivity contribution in [3.05, 3.63) is 48.5 Å². The summed E-state index contributed by atoms with van der Waals surface area (Å²) in [4.78, 5) is 19.1. The normalized spacial score (nSPS) is 14.5. The number of amides is 1. The predicted octanol–water partition coefficient (Wildman–Crippen LogP) is 3.38. The molecule has 1 fully saturated rings. The molecule has 24 heavy (non-hydrogen) atoms. The highest BCUT2D eigenvalue weighted by Gasteiger charge is 2.34. The number of carbonyl (C=O) groups excluding carboxylic acids is 1. The van der Waals surface area contributed by atoms with Gasteiger partial charge in [-0.25, -0.2) is 4.98 Å². The second kappa shape index (κ2) is 6.13. The number of fused-ring (bicyclic) bond motifs is 1. The van der Waals surface area contributed by atoms with Crippen LogP contribution in [0.25, 0.3) is 10.2 Å². The lowest BCUT2D eigenvalue weighted by Crippen LogP contribution is -2.52. The Morgan fingerprint density at radius 3 is 2.75 bits per heavy atom. The number of para-hydroxylation sites is 2. The Morgan fingerprint density at radius 1 is 1.21 bits per heavy atom. The number of thiazole rings is 1. The van der Waals surface area contributed by atoms with E-state index in [2.05, 4.69) is 15.2 Å². The maximum atomic E-state index is 12.3. The van der Waals surface area contributed by atoms with Crippen molar-refractivity contribution in [2.24, 2.45) is 5.92 Å². The number of anilines is 2. The number of benzene rings is 2. The van der Waals surface area contributed by atoms with E-state index >= 15 is 0 Å². The van der Waals surface area contributed by atoms with Gasteiger partial charge in [0.15, 0.2) is 5.13 Å². The first kappa shape index (κ1) is 15.0. The van der Waals surface area contributed by atoms with Gasteiger partial charge in [-0.1, -0.05) is 35.6 Å². The topological polar surface area (TPSA) is 54.5 Å². The van der Waals surface area contributed by atoms with Crippen LogP contribution in [0.4, 0.5) is 10.8 Å². The van der Waals surface area contributed by atoms with Crippen LogP contribution in [0.15, 0.2) is 48.5 Å². The Labute approximate surface area is 143 Å². The predicted molar refractivity (Wildman–Crippen MR) is 96.9 cm³/mol. The highest BCUT2D eigenvalue weighted by molar-refractivity contribution is 7.22. The van der Waals surface area contributed by atoms with E-state index < -0.39 is 0 Å². The molecule has 0 unspecified atom stereocenters. The van der Waals surface area contributed by atoms with Crippen LogP contribution in [-0.4, -0.2) is 31.1 Å². The molecule has 2 aromatic carbocycles. The van der Waals surface area contributed by atoms with Crippen LogP contribution in [0.1, 0.15) is 0 Å². The van der Waals surface area contributed by atoms with E-state index in [1.165, 1.54) is 0 Å². The lowest BCUT2D eigenvalue weighted by molar-refractivity contribution is -0.120. The van der Waals surface area contributed by atoms with Crippen LogP contribution in [0, 0.1) is 5.92 Å². The monoisotopic (exact) mass is 339 g/mol. The summed E-state index contributed by atoms with van der Waals surface area (Å²) in [7, 11) is 1.65. The molecule has 1 amide bonds. The standard InChI is InChI=1S/C18H17N3O2S/c1-23-14-8-5-9-15-16(14)20-18(24-15)21-10-12(11-21)17(22)19-13-6-3-2-4-7-13/h2-9,12H,10-11H2,1H3,(H,19,22). The summed E-state index contributed by atoms with van der Waals surface area (Å²) in [6.07, 6.45) is 0. The van der Waals surface area contributed by atoms with Crippen LogP contribution in [0.5, 0.6) is 5.75 Å². The number of rotatable bonds is 4. The maximum absolute atomic E-state index is 12.3. The average molecular weight is 339 g/mol. The van der Waals surface area contributed by atoms with Gasteiger partial charge in [0.05, 0.1) is 17.7 Å². The van der Waals surface area contributed by atoms with Gasteiger partial charge >= 0.3 is 0 Å². The summed E-state index contributed by atoms with van der Waals surface area (Å²) in [5.74, 6) is 0.851. The number of carbonyl (C=O) groups is 1. The first-order valence-electron chi connectivity index (χ1n) is 7.79. The minimum Gasteiger partial charge on any atom is -0.494 e. The molecule has 3 aromatic rings. The van der Waals surface area contributed by atoms with Gasteiger partial charge in [-0.3, -0.25) is 4.79 Å². The minimum absolute atomic E-state index is 0.000820. The number of nitrogens with one attached hydrogen (secondary N) is 1. The van der Waals surface area contributed by atoms with Gasteiger partial charge < -0.3 is 15.0 Å². The Kier molecular flexibility index (Phi) is 3.82. The molecule has 0 radical (unpaired) electrons. The van der Waals surface area contributed by atoms with Gasteiger partial charge in [0.2, 0.25) is 5.91 Å². The minimum atomic E-state index is -0.000820. The number of methoxy groups -OCH3 is 1. The Hall–Kier alpha value is -2.60. The fourth-order valence-corrected chi connectivity index (χ4v) is 3.78. The molecule has 1 aliphatic rings. The van der Waals surface area contributed by atoms with E-state index in [4.69, 9.17) is 4.74 Å². The Morgan fingerprint density at radius 2 is 2.00 bits per heavy atom. The van der Waals surface area contributed by atoms with Crippen LogP contribution in [0.3, 0.4) is 0 Å². The lowest BCUT2D eigenvalue weighted by atomic mass is 10.00. The smallest absolute Gasteiger partial charge is 0.231 e. The van der Waals surface area contributed by atoms with Gasteiger partial charge in [-0.15, -0.1) is 0 Å². The van der Waals surface area contributed by atoms with Gasteiger partial charge in [0, 0.05) is 18.8 Å². The highest BCUT2D eigenvalue weighted by atomic mass is 32.1. The van der Waals surface area contributed by atoms with Crippen LogP contribution in [-0.2, 0) is 4.79 Å². The van der Waals surface area contributed by atoms with Gasteiger partial charge in [0.1, 0.15) is 11.3 Å². The summed E-state index contributed by atoms with van der Waals surface area (Å²) >= 11 is 1.63. The number of ether oxygens (including phenoxy) is 1. The van der Waals surface area contributed by atoms with E-state index in [0.717, 1.165) is 26.8 Å². The van der Waals surface area contributed by atoms with E-state index in [9.17, 15) is 4.79 Å². The molecule has 122 valence electrons. The summed E-state index contributed by atoms with van der Waals surface area (Å²) in [6.45, 7) is 1.39. The van der Waals surface area contributed by atoms with Crippen molar-refractivity contribution in [2.75, 3.05) is 30.4 Å². The molecule has 1 aliphatic heterocycles. The van der Waals surface area contributed by atoms with Crippen molar-refractivity contribution >= 4 is 38.3 Å². The SMILES string of the molecule is COc1cccc2sc(N3CC(C(=O)Nc4ccccc4)C3)nc12. The van der Waals surface area contributed by atoms with Crippen molar-refractivity contribution in [2.45, 2.75) is 0 Å². The van der Waals surface area contributed by atoms with Crippen molar-refractivity contribution in [3.63, 3.8) is 0 Å². The molecule has 1 aromatic heterocycles. The molecule has 0 aliphatic carbocycles. The van der Waals surface area contributed by atoms with Crippen molar-refractivity contribution in [3.8, 4) is 5.75 Å². The van der Waals surface area contributed by atoms with Crippen LogP contribution in [0.2, 0.25) is 0 Å². The summed E-state index contributed by atoms with van der Waals surface area (Å²) in [5.41, 5.74) is 1.72. The maximum Gasteiger partial charge on any atom is 0.231 e. The second-order valence-corrected chi connectivity index (χ2v) is 6.77. The lowest BCUT2D eigenvalue weighted by Gasteiger charge is -2.37. The zero-order valence-electron chi connectivity index (χ0n) is 13.2. The molecule has 1 saturated heterocycles. The van der Waals surface area contributed by atoms with E-state index in [0.29, 0.717) is 13.1 Å².